The molecule has 0 radical (unpaired) electrons. The summed E-state index contributed by atoms with van der Waals surface area (Å²) in [5.41, 5.74) is 0.808. The van der Waals surface area contributed by atoms with Gasteiger partial charge in [-0.25, -0.2) is 8.42 Å². The van der Waals surface area contributed by atoms with Crippen molar-refractivity contribution in [2.45, 2.75) is 56.4 Å². The highest BCUT2D eigenvalue weighted by Gasteiger charge is 2.27. The van der Waals surface area contributed by atoms with E-state index in [0.717, 1.165) is 44.3 Å². The van der Waals surface area contributed by atoms with Crippen LogP contribution in [0.25, 0.3) is 6.08 Å². The quantitative estimate of drug-likeness (QED) is 0.625. The van der Waals surface area contributed by atoms with Gasteiger partial charge >= 0.3 is 0 Å². The van der Waals surface area contributed by atoms with E-state index in [-0.39, 0.29) is 5.91 Å². The van der Waals surface area contributed by atoms with Crippen molar-refractivity contribution in [2.75, 3.05) is 32.7 Å². The van der Waals surface area contributed by atoms with Crippen LogP contribution < -0.4 is 5.32 Å². The van der Waals surface area contributed by atoms with Gasteiger partial charge in [0.15, 0.2) is 0 Å². The zero-order valence-corrected chi connectivity index (χ0v) is 18.2. The van der Waals surface area contributed by atoms with E-state index in [1.807, 2.05) is 0 Å². The third-order valence-corrected chi connectivity index (χ3v) is 7.59. The van der Waals surface area contributed by atoms with Crippen molar-refractivity contribution < 1.29 is 13.2 Å². The number of nitrogens with zero attached hydrogens (tertiary/aromatic N) is 2. The number of carbonyl (C=O) groups excluding carboxylic acids is 1. The average molecular weight is 420 g/mol. The molecule has 0 spiro atoms. The number of rotatable bonds is 9. The molecule has 1 N–H and O–H groups in total. The number of nitrogens with one attached hydrogen (secondary N) is 1. The van der Waals surface area contributed by atoms with Crippen molar-refractivity contribution in [3.05, 3.63) is 35.9 Å². The molecule has 1 amide bonds. The summed E-state index contributed by atoms with van der Waals surface area (Å²) in [6.45, 7) is 5.88. The second-order valence-corrected chi connectivity index (χ2v) is 9.81. The van der Waals surface area contributed by atoms with Gasteiger partial charge in [0.05, 0.1) is 4.90 Å². The highest BCUT2D eigenvalue weighted by molar-refractivity contribution is 7.89. The summed E-state index contributed by atoms with van der Waals surface area (Å²) in [4.78, 5) is 14.7. The zero-order chi connectivity index (χ0) is 20.7. The molecule has 0 unspecified atom stereocenters. The van der Waals surface area contributed by atoms with E-state index in [9.17, 15) is 13.2 Å². The number of amides is 1. The monoisotopic (exact) mass is 419 g/mol. The third-order valence-electron chi connectivity index (χ3n) is 5.68. The lowest BCUT2D eigenvalue weighted by Crippen LogP contribution is -2.35. The Morgan fingerprint density at radius 3 is 2.38 bits per heavy atom. The fourth-order valence-electron chi connectivity index (χ4n) is 3.77. The molecule has 0 atom stereocenters. The van der Waals surface area contributed by atoms with Crippen LogP contribution in [0.15, 0.2) is 35.2 Å². The maximum Gasteiger partial charge on any atom is 0.244 e. The average Bonchev–Trinajstić information content (AvgIpc) is 3.57. The first-order valence-corrected chi connectivity index (χ1v) is 12.2. The van der Waals surface area contributed by atoms with E-state index in [0.29, 0.717) is 30.6 Å². The summed E-state index contributed by atoms with van der Waals surface area (Å²) in [6, 6.07) is 7.47. The van der Waals surface area contributed by atoms with Gasteiger partial charge in [-0.3, -0.25) is 9.69 Å². The number of sulfonamides is 1. The van der Waals surface area contributed by atoms with Gasteiger partial charge in [-0.05, 0) is 56.0 Å². The molecule has 1 aliphatic heterocycles. The van der Waals surface area contributed by atoms with Crippen LogP contribution in [0, 0.1) is 0 Å². The van der Waals surface area contributed by atoms with Gasteiger partial charge in [0.1, 0.15) is 0 Å². The minimum Gasteiger partial charge on any atom is -0.351 e. The summed E-state index contributed by atoms with van der Waals surface area (Å²) in [5, 5.41) is 2.91. The fourth-order valence-corrected chi connectivity index (χ4v) is 5.29. The van der Waals surface area contributed by atoms with Crippen LogP contribution in [0.4, 0.5) is 0 Å². The van der Waals surface area contributed by atoms with Crippen molar-refractivity contribution in [1.29, 1.82) is 0 Å². The molecule has 3 rings (SSSR count). The van der Waals surface area contributed by atoms with Crippen LogP contribution in [0.5, 0.6) is 0 Å². The lowest BCUT2D eigenvalue weighted by molar-refractivity contribution is -0.116. The fraction of sp³-hybridized carbons (Fsp3) is 0.591. The zero-order valence-electron chi connectivity index (χ0n) is 17.3. The molecule has 29 heavy (non-hydrogen) atoms. The molecule has 7 heteroatoms. The summed E-state index contributed by atoms with van der Waals surface area (Å²) in [5.74, 6) is -0.127. The van der Waals surface area contributed by atoms with Gasteiger partial charge in [-0.2, -0.15) is 4.31 Å². The third kappa shape index (κ3) is 6.39. The van der Waals surface area contributed by atoms with Crippen LogP contribution in [0.3, 0.4) is 0 Å². The molecule has 1 saturated carbocycles. The van der Waals surface area contributed by atoms with Crippen molar-refractivity contribution in [1.82, 2.24) is 14.5 Å². The van der Waals surface area contributed by atoms with Crippen LogP contribution in [-0.2, 0) is 14.8 Å². The van der Waals surface area contributed by atoms with Gasteiger partial charge in [0, 0.05) is 38.3 Å². The molecule has 1 aromatic rings. The van der Waals surface area contributed by atoms with E-state index in [4.69, 9.17) is 0 Å². The largest absolute Gasteiger partial charge is 0.351 e. The minimum atomic E-state index is -3.43. The molecular weight excluding hydrogens is 386 g/mol. The molecule has 6 nitrogen and oxygen atoms in total. The maximum atomic E-state index is 12.8. The van der Waals surface area contributed by atoms with Crippen molar-refractivity contribution in [2.24, 2.45) is 0 Å². The molecular formula is C22H33N3O3S. The van der Waals surface area contributed by atoms with E-state index < -0.39 is 10.0 Å². The second kappa shape index (κ2) is 10.4. The highest BCUT2D eigenvalue weighted by Crippen LogP contribution is 2.25. The molecule has 0 aromatic heterocycles. The lowest BCUT2D eigenvalue weighted by atomic mass is 10.2. The van der Waals surface area contributed by atoms with Crippen LogP contribution >= 0.6 is 0 Å². The SMILES string of the molecule is CCN(CCNC(=O)/C=C/c1ccc(S(=O)(=O)N2CCCCCC2)cc1)C1CC1. The van der Waals surface area contributed by atoms with Crippen LogP contribution in [0.2, 0.25) is 0 Å². The first kappa shape index (κ1) is 22.0. The molecule has 0 bridgehead atoms. The van der Waals surface area contributed by atoms with Crippen LogP contribution in [0.1, 0.15) is 51.0 Å². The predicted molar refractivity (Wildman–Crippen MR) is 116 cm³/mol. The van der Waals surface area contributed by atoms with E-state index >= 15 is 0 Å². The van der Waals surface area contributed by atoms with Gasteiger partial charge in [-0.1, -0.05) is 31.9 Å². The minimum absolute atomic E-state index is 0.127. The topological polar surface area (TPSA) is 69.7 Å². The highest BCUT2D eigenvalue weighted by atomic mass is 32.2. The first-order valence-electron chi connectivity index (χ1n) is 10.8. The maximum absolute atomic E-state index is 12.8. The normalized spacial score (nSPS) is 18.8. The molecule has 1 aromatic carbocycles. The Labute approximate surface area is 175 Å². The molecule has 1 saturated heterocycles. The molecule has 1 heterocycles. The molecule has 1 aliphatic carbocycles. The number of hydrogen-bond donors (Lipinski definition) is 1. The Morgan fingerprint density at radius 2 is 1.79 bits per heavy atom. The van der Waals surface area contributed by atoms with Gasteiger partial charge in [0.2, 0.25) is 15.9 Å². The lowest BCUT2D eigenvalue weighted by Gasteiger charge is -2.20. The summed E-state index contributed by atoms with van der Waals surface area (Å²) in [6.07, 6.45) is 9.79. The molecule has 2 aliphatic rings. The summed E-state index contributed by atoms with van der Waals surface area (Å²) >= 11 is 0. The Hall–Kier alpha value is -1.70. The number of likely N-dealkylation sites (N-methyl/N-ethyl adjacent to an activating group) is 1. The van der Waals surface area contributed by atoms with Crippen molar-refractivity contribution in [3.63, 3.8) is 0 Å². The number of benzene rings is 1. The van der Waals surface area contributed by atoms with Gasteiger partial charge in [-0.15, -0.1) is 0 Å². The summed E-state index contributed by atoms with van der Waals surface area (Å²) in [7, 11) is -3.43. The standard InChI is InChI=1S/C22H33N3O3S/c1-2-24(20-10-11-20)18-15-23-22(26)14-9-19-7-12-21(13-8-19)29(27,28)25-16-5-3-4-6-17-25/h7-9,12-14,20H,2-6,10-11,15-18H2,1H3,(H,23,26)/b14-9+. The smallest absolute Gasteiger partial charge is 0.244 e. The van der Waals surface area contributed by atoms with Crippen LogP contribution in [-0.4, -0.2) is 62.3 Å². The summed E-state index contributed by atoms with van der Waals surface area (Å²) < 4.78 is 27.2. The van der Waals surface area contributed by atoms with E-state index in [1.54, 1.807) is 34.6 Å². The van der Waals surface area contributed by atoms with Gasteiger partial charge < -0.3 is 5.32 Å². The Kier molecular flexibility index (Phi) is 7.86. The van der Waals surface area contributed by atoms with Crippen molar-refractivity contribution in [3.8, 4) is 0 Å². The van der Waals surface area contributed by atoms with Gasteiger partial charge in [0.25, 0.3) is 0 Å². The molecule has 160 valence electrons. The Bertz CT molecular complexity index is 793. The molecule has 2 fully saturated rings. The Balaban J connectivity index is 1.50. The number of hydrogen-bond acceptors (Lipinski definition) is 4. The van der Waals surface area contributed by atoms with E-state index in [1.165, 1.54) is 18.9 Å². The predicted octanol–water partition coefficient (Wildman–Crippen LogP) is 2.87. The number of carbonyl (C=O) groups is 1. The van der Waals surface area contributed by atoms with Crippen molar-refractivity contribution >= 4 is 22.0 Å². The first-order chi connectivity index (χ1) is 14.0. The van der Waals surface area contributed by atoms with E-state index in [2.05, 4.69) is 17.1 Å². The second-order valence-electron chi connectivity index (χ2n) is 7.87. The Morgan fingerprint density at radius 1 is 1.14 bits per heavy atom.